The number of benzene rings is 4. The zero-order valence-corrected chi connectivity index (χ0v) is 37.4. The van der Waals surface area contributed by atoms with Crippen LogP contribution in [0.2, 0.25) is 0 Å². The first-order valence-electron chi connectivity index (χ1n) is 21.3. The van der Waals surface area contributed by atoms with Gasteiger partial charge in [-0.3, -0.25) is 19.2 Å². The van der Waals surface area contributed by atoms with Gasteiger partial charge in [0.1, 0.15) is 136 Å². The summed E-state index contributed by atoms with van der Waals surface area (Å²) in [4.78, 5) is 78.0. The Kier molecular flexibility index (Phi) is 17.5. The van der Waals surface area contributed by atoms with E-state index in [1.54, 1.807) is 73.7 Å². The van der Waals surface area contributed by atoms with Gasteiger partial charge in [0, 0.05) is 30.7 Å². The van der Waals surface area contributed by atoms with Crippen LogP contribution in [-0.4, -0.2) is 77.8 Å². The fourth-order valence-electron chi connectivity index (χ4n) is 6.82. The minimum Gasteiger partial charge on any atom is -0.490 e. The second kappa shape index (κ2) is 24.1. The molecule has 0 amide bonds. The molecule has 0 radical (unpaired) electrons. The molecule has 0 bridgehead atoms. The van der Waals surface area contributed by atoms with E-state index in [9.17, 15) is 44.4 Å². The SMILES string of the molecule is CCOC(=O)c1cc(=O)c2c(OCC(O)COc3cccc4oc(CC)cc(=O)c34)cccc2o1.O=C=O.O=c1cc(CO)oc2cccc(OCC(O)COc3cccc4oc(CO)cc(=O)c34)c12. The molecule has 1 unspecified atom stereocenters. The summed E-state index contributed by atoms with van der Waals surface area (Å²) in [5.74, 6) is 0.821. The Hall–Kier alpha value is -8.39. The monoisotopic (exact) mass is 964 g/mol. The Morgan fingerprint density at radius 2 is 0.829 bits per heavy atom. The van der Waals surface area contributed by atoms with Crippen LogP contribution in [0.1, 0.15) is 41.7 Å². The summed E-state index contributed by atoms with van der Waals surface area (Å²) in [5.41, 5.74) is -0.384. The maximum Gasteiger partial charge on any atom is 0.374 e. The first kappa shape index (κ1) is 51.0. The highest BCUT2D eigenvalue weighted by molar-refractivity contribution is 5.91. The van der Waals surface area contributed by atoms with Crippen molar-refractivity contribution in [3.63, 3.8) is 0 Å². The van der Waals surface area contributed by atoms with E-state index in [4.69, 9.17) is 50.9 Å². The summed E-state index contributed by atoms with van der Waals surface area (Å²) in [6.07, 6.45) is -1.32. The van der Waals surface area contributed by atoms with E-state index in [2.05, 4.69) is 0 Å². The lowest BCUT2D eigenvalue weighted by atomic mass is 10.2. The van der Waals surface area contributed by atoms with Crippen LogP contribution in [0.15, 0.2) is 134 Å². The van der Waals surface area contributed by atoms with Gasteiger partial charge in [-0.1, -0.05) is 31.2 Å². The molecule has 0 saturated heterocycles. The number of esters is 1. The van der Waals surface area contributed by atoms with Gasteiger partial charge in [0.15, 0.2) is 21.7 Å². The number of fused-ring (bicyclic) bond motifs is 4. The molecule has 4 heterocycles. The molecule has 4 N–H and O–H groups in total. The van der Waals surface area contributed by atoms with E-state index >= 15 is 0 Å². The highest BCUT2D eigenvalue weighted by Gasteiger charge is 2.19. The van der Waals surface area contributed by atoms with Crippen molar-refractivity contribution in [1.82, 2.24) is 0 Å². The highest BCUT2D eigenvalue weighted by atomic mass is 16.5. The minimum absolute atomic E-state index is 0.132. The summed E-state index contributed by atoms with van der Waals surface area (Å²) in [6.45, 7) is 2.14. The van der Waals surface area contributed by atoms with Crippen molar-refractivity contribution in [3.8, 4) is 23.0 Å². The molecule has 70 heavy (non-hydrogen) atoms. The molecular formula is C50H44O20. The van der Waals surface area contributed by atoms with Crippen LogP contribution in [0.5, 0.6) is 23.0 Å². The van der Waals surface area contributed by atoms with Crippen LogP contribution in [0.3, 0.4) is 0 Å². The van der Waals surface area contributed by atoms with Crippen molar-refractivity contribution in [1.29, 1.82) is 0 Å². The Morgan fingerprint density at radius 3 is 1.16 bits per heavy atom. The summed E-state index contributed by atoms with van der Waals surface area (Å²) in [7, 11) is 0. The Bertz CT molecular complexity index is 3290. The van der Waals surface area contributed by atoms with Gasteiger partial charge in [-0.2, -0.15) is 9.59 Å². The van der Waals surface area contributed by atoms with E-state index in [1.807, 2.05) is 6.92 Å². The average Bonchev–Trinajstić information content (AvgIpc) is 3.35. The molecule has 8 rings (SSSR count). The number of aliphatic hydroxyl groups is 4. The standard InChI is InChI=1S/C26H24O9.C23H20O9.CO2/c1-3-16-11-17(28)24-19(7-5-9-21(24)34-16)32-13-15(27)14-33-20-8-6-10-22-25(20)18(29)12-23(35-22)26(30)31-4-2;24-9-14-7-16(27)22-18(3-1-5-20(22)31-14)29-11-13(26)12-30-19-4-2-6-21-23(19)17(28)8-15(10-25)32-21;2-1-3/h5-12,15,27H,3-4,13-14H2,1-2H3;1-8,13,24-26H,9-12H2;. The summed E-state index contributed by atoms with van der Waals surface area (Å²) >= 11 is 0. The Morgan fingerprint density at radius 1 is 0.514 bits per heavy atom. The quantitative estimate of drug-likeness (QED) is 0.0908. The molecule has 1 atom stereocenters. The maximum absolute atomic E-state index is 12.6. The second-order valence-electron chi connectivity index (χ2n) is 14.7. The predicted octanol–water partition coefficient (Wildman–Crippen LogP) is 4.58. The van der Waals surface area contributed by atoms with Crippen LogP contribution < -0.4 is 40.7 Å². The lowest BCUT2D eigenvalue weighted by molar-refractivity contribution is -0.191. The molecule has 20 heteroatoms. The van der Waals surface area contributed by atoms with Crippen LogP contribution in [0, 0.1) is 0 Å². The van der Waals surface area contributed by atoms with Crippen LogP contribution in [0.4, 0.5) is 0 Å². The summed E-state index contributed by atoms with van der Waals surface area (Å²) < 4.78 is 49.5. The van der Waals surface area contributed by atoms with Gasteiger partial charge < -0.3 is 61.8 Å². The molecule has 8 aromatic rings. The summed E-state index contributed by atoms with van der Waals surface area (Å²) in [6, 6.07) is 24.1. The molecule has 0 aliphatic heterocycles. The molecular weight excluding hydrogens is 921 g/mol. The normalized spacial score (nSPS) is 11.3. The Balaban J connectivity index is 0.000000218. The van der Waals surface area contributed by atoms with Crippen molar-refractivity contribution < 1.29 is 76.2 Å². The van der Waals surface area contributed by atoms with Crippen molar-refractivity contribution in [2.45, 2.75) is 45.7 Å². The van der Waals surface area contributed by atoms with E-state index in [0.29, 0.717) is 23.2 Å². The zero-order chi connectivity index (χ0) is 50.3. The zero-order valence-electron chi connectivity index (χ0n) is 37.4. The smallest absolute Gasteiger partial charge is 0.374 e. The number of aliphatic hydroxyl groups excluding tert-OH is 4. The number of hydrogen-bond acceptors (Lipinski definition) is 20. The number of ether oxygens (including phenoxy) is 5. The Labute approximate surface area is 394 Å². The molecule has 0 fully saturated rings. The number of aryl methyl sites for hydroxylation is 1. The largest absolute Gasteiger partial charge is 0.490 e. The van der Waals surface area contributed by atoms with E-state index in [1.165, 1.54) is 24.3 Å². The topological polar surface area (TPSA) is 299 Å². The molecule has 20 nitrogen and oxygen atoms in total. The van der Waals surface area contributed by atoms with Gasteiger partial charge in [-0.15, -0.1) is 0 Å². The number of rotatable bonds is 17. The van der Waals surface area contributed by atoms with Gasteiger partial charge in [0.05, 0.1) is 6.61 Å². The average molecular weight is 965 g/mol. The van der Waals surface area contributed by atoms with Gasteiger partial charge in [-0.05, 0) is 55.5 Å². The van der Waals surface area contributed by atoms with Crippen LogP contribution in [0.25, 0.3) is 43.9 Å². The number of carbonyl (C=O) groups is 1. The molecule has 4 aromatic heterocycles. The van der Waals surface area contributed by atoms with Crippen LogP contribution in [-0.2, 0) is 34.0 Å². The van der Waals surface area contributed by atoms with Crippen LogP contribution >= 0.6 is 0 Å². The van der Waals surface area contributed by atoms with Gasteiger partial charge in [0.25, 0.3) is 0 Å². The number of carbonyl (C=O) groups excluding carboxylic acids is 3. The van der Waals surface area contributed by atoms with E-state index in [0.717, 1.165) is 6.07 Å². The molecule has 0 aliphatic carbocycles. The lowest BCUT2D eigenvalue weighted by Gasteiger charge is -2.15. The minimum atomic E-state index is -1.08. The molecule has 0 saturated carbocycles. The fraction of sp³-hybridized carbons (Fsp3) is 0.240. The van der Waals surface area contributed by atoms with Crippen molar-refractivity contribution >= 4 is 56.0 Å². The van der Waals surface area contributed by atoms with Gasteiger partial charge in [-0.25, -0.2) is 4.79 Å². The first-order chi connectivity index (χ1) is 33.8. The highest BCUT2D eigenvalue weighted by Crippen LogP contribution is 2.28. The number of hydrogen-bond donors (Lipinski definition) is 4. The third-order valence-electron chi connectivity index (χ3n) is 9.88. The summed E-state index contributed by atoms with van der Waals surface area (Å²) in [5, 5.41) is 39.9. The fourth-order valence-corrected chi connectivity index (χ4v) is 6.82. The van der Waals surface area contributed by atoms with E-state index in [-0.39, 0.29) is 129 Å². The molecule has 0 spiro atoms. The van der Waals surface area contributed by atoms with E-state index < -0.39 is 36.8 Å². The molecule has 0 aliphatic rings. The first-order valence-corrected chi connectivity index (χ1v) is 21.3. The van der Waals surface area contributed by atoms with Crippen molar-refractivity contribution in [3.05, 3.63) is 161 Å². The third kappa shape index (κ3) is 12.4. The molecule has 364 valence electrons. The third-order valence-corrected chi connectivity index (χ3v) is 9.88. The predicted molar refractivity (Wildman–Crippen MR) is 246 cm³/mol. The van der Waals surface area contributed by atoms with Gasteiger partial charge >= 0.3 is 12.1 Å². The van der Waals surface area contributed by atoms with Crippen molar-refractivity contribution in [2.24, 2.45) is 0 Å². The molecule has 4 aromatic carbocycles. The lowest BCUT2D eigenvalue weighted by Crippen LogP contribution is -2.25. The maximum atomic E-state index is 12.6. The van der Waals surface area contributed by atoms with Gasteiger partial charge in [0.2, 0.25) is 5.76 Å². The van der Waals surface area contributed by atoms with Crippen molar-refractivity contribution in [2.75, 3.05) is 33.0 Å². The second-order valence-corrected chi connectivity index (χ2v) is 14.7.